The molecule has 0 spiro atoms. The van der Waals surface area contributed by atoms with Gasteiger partial charge in [-0.2, -0.15) is 5.10 Å². The fraction of sp³-hybridized carbons (Fsp3) is 0.444. The monoisotopic (exact) mass is 310 g/mol. The Bertz CT molecular complexity index is 724. The average Bonchev–Trinajstić information content (AvgIpc) is 3.24. The van der Waals surface area contributed by atoms with Gasteiger partial charge in [0.05, 0.1) is 5.56 Å². The standard InChI is InChI=1S/C18H22N4O/c1-21-10-15(17(20-21)12-5-3-2-4-6-12)18(23)22-9-13-7-8-16(19)14(13)11-22/h2-6,10,13-14,16H,7-9,11,19H2,1H3. The van der Waals surface area contributed by atoms with Crippen molar-refractivity contribution in [2.75, 3.05) is 13.1 Å². The first-order valence-electron chi connectivity index (χ1n) is 8.27. The van der Waals surface area contributed by atoms with E-state index in [4.69, 9.17) is 5.73 Å². The fourth-order valence-corrected chi connectivity index (χ4v) is 4.10. The van der Waals surface area contributed by atoms with Gasteiger partial charge < -0.3 is 10.6 Å². The first kappa shape index (κ1) is 14.5. The molecule has 1 saturated carbocycles. The molecule has 2 heterocycles. The highest BCUT2D eigenvalue weighted by molar-refractivity contribution is 6.00. The molecule has 2 N–H and O–H groups in total. The molecule has 2 aromatic rings. The van der Waals surface area contributed by atoms with Crippen LogP contribution < -0.4 is 5.73 Å². The molecule has 1 aliphatic heterocycles. The van der Waals surface area contributed by atoms with Crippen LogP contribution in [0.5, 0.6) is 0 Å². The van der Waals surface area contributed by atoms with E-state index in [1.54, 1.807) is 4.68 Å². The number of amides is 1. The van der Waals surface area contributed by atoms with E-state index in [-0.39, 0.29) is 11.9 Å². The summed E-state index contributed by atoms with van der Waals surface area (Å²) in [7, 11) is 1.86. The second kappa shape index (κ2) is 5.49. The molecule has 120 valence electrons. The molecule has 1 aliphatic carbocycles. The van der Waals surface area contributed by atoms with E-state index >= 15 is 0 Å². The number of hydrogen-bond donors (Lipinski definition) is 1. The largest absolute Gasteiger partial charge is 0.338 e. The summed E-state index contributed by atoms with van der Waals surface area (Å²) in [4.78, 5) is 15.0. The molecule has 3 atom stereocenters. The Morgan fingerprint density at radius 1 is 1.22 bits per heavy atom. The van der Waals surface area contributed by atoms with Gasteiger partial charge >= 0.3 is 0 Å². The highest BCUT2D eigenvalue weighted by Gasteiger charge is 2.43. The van der Waals surface area contributed by atoms with E-state index in [2.05, 4.69) is 5.10 Å². The Morgan fingerprint density at radius 2 is 2.00 bits per heavy atom. The minimum atomic E-state index is 0.0820. The Morgan fingerprint density at radius 3 is 2.74 bits per heavy atom. The van der Waals surface area contributed by atoms with Crippen LogP contribution in [-0.2, 0) is 7.05 Å². The molecule has 1 amide bonds. The van der Waals surface area contributed by atoms with Crippen molar-refractivity contribution in [3.63, 3.8) is 0 Å². The van der Waals surface area contributed by atoms with E-state index in [0.717, 1.165) is 37.2 Å². The van der Waals surface area contributed by atoms with Crippen LogP contribution in [0, 0.1) is 11.8 Å². The second-order valence-corrected chi connectivity index (χ2v) is 6.81. The van der Waals surface area contributed by atoms with Gasteiger partial charge in [0.15, 0.2) is 0 Å². The first-order valence-corrected chi connectivity index (χ1v) is 8.27. The predicted octanol–water partition coefficient (Wildman–Crippen LogP) is 1.90. The molecule has 2 fully saturated rings. The smallest absolute Gasteiger partial charge is 0.257 e. The third-order valence-corrected chi connectivity index (χ3v) is 5.31. The lowest BCUT2D eigenvalue weighted by atomic mass is 9.98. The molecular weight excluding hydrogens is 288 g/mol. The van der Waals surface area contributed by atoms with Crippen LogP contribution in [0.15, 0.2) is 36.5 Å². The molecule has 1 aromatic heterocycles. The van der Waals surface area contributed by atoms with Crippen molar-refractivity contribution in [1.29, 1.82) is 0 Å². The van der Waals surface area contributed by atoms with E-state index in [0.29, 0.717) is 17.4 Å². The van der Waals surface area contributed by atoms with Crippen LogP contribution in [0.25, 0.3) is 11.3 Å². The minimum Gasteiger partial charge on any atom is -0.338 e. The molecule has 2 aliphatic rings. The maximum atomic E-state index is 13.0. The summed E-state index contributed by atoms with van der Waals surface area (Å²) in [5.74, 6) is 1.13. The zero-order chi connectivity index (χ0) is 16.0. The van der Waals surface area contributed by atoms with E-state index < -0.39 is 0 Å². The maximum absolute atomic E-state index is 13.0. The van der Waals surface area contributed by atoms with Crippen LogP contribution in [-0.4, -0.2) is 39.7 Å². The van der Waals surface area contributed by atoms with Gasteiger partial charge in [-0.25, -0.2) is 0 Å². The molecule has 23 heavy (non-hydrogen) atoms. The zero-order valence-corrected chi connectivity index (χ0v) is 13.4. The number of aromatic nitrogens is 2. The quantitative estimate of drug-likeness (QED) is 0.921. The normalized spacial score (nSPS) is 26.5. The lowest BCUT2D eigenvalue weighted by molar-refractivity contribution is 0.0780. The Labute approximate surface area is 136 Å². The molecule has 0 radical (unpaired) electrons. The average molecular weight is 310 g/mol. The summed E-state index contributed by atoms with van der Waals surface area (Å²) >= 11 is 0. The van der Waals surface area contributed by atoms with Crippen molar-refractivity contribution in [2.45, 2.75) is 18.9 Å². The van der Waals surface area contributed by atoms with Crippen LogP contribution in [0.2, 0.25) is 0 Å². The number of carbonyl (C=O) groups is 1. The number of likely N-dealkylation sites (tertiary alicyclic amines) is 1. The van der Waals surface area contributed by atoms with Crippen molar-refractivity contribution in [3.05, 3.63) is 42.1 Å². The lowest BCUT2D eigenvalue weighted by Crippen LogP contribution is -2.33. The number of carbonyl (C=O) groups excluding carboxylic acids is 1. The van der Waals surface area contributed by atoms with Gasteiger partial charge in [-0.1, -0.05) is 30.3 Å². The first-order chi connectivity index (χ1) is 11.1. The Hall–Kier alpha value is -2.14. The molecular formula is C18H22N4O. The molecule has 4 rings (SSSR count). The summed E-state index contributed by atoms with van der Waals surface area (Å²) in [5, 5.41) is 4.50. The van der Waals surface area contributed by atoms with Gasteiger partial charge in [-0.3, -0.25) is 9.48 Å². The Balaban J connectivity index is 1.63. The Kier molecular flexibility index (Phi) is 3.45. The summed E-state index contributed by atoms with van der Waals surface area (Å²) in [6, 6.07) is 10.1. The highest BCUT2D eigenvalue weighted by Crippen LogP contribution is 2.38. The third-order valence-electron chi connectivity index (χ3n) is 5.31. The van der Waals surface area contributed by atoms with Crippen molar-refractivity contribution in [1.82, 2.24) is 14.7 Å². The van der Waals surface area contributed by atoms with Gasteiger partial charge in [-0.15, -0.1) is 0 Å². The molecule has 1 saturated heterocycles. The van der Waals surface area contributed by atoms with Crippen molar-refractivity contribution in [2.24, 2.45) is 24.6 Å². The molecule has 3 unspecified atom stereocenters. The number of aryl methyl sites for hydroxylation is 1. The van der Waals surface area contributed by atoms with Gasteiger partial charge in [0.1, 0.15) is 5.69 Å². The van der Waals surface area contributed by atoms with Gasteiger partial charge in [0, 0.05) is 37.9 Å². The summed E-state index contributed by atoms with van der Waals surface area (Å²) in [6.07, 6.45) is 4.08. The number of nitrogens with two attached hydrogens (primary N) is 1. The minimum absolute atomic E-state index is 0.0820. The second-order valence-electron chi connectivity index (χ2n) is 6.81. The number of fused-ring (bicyclic) bond motifs is 1. The van der Waals surface area contributed by atoms with Crippen LogP contribution in [0.1, 0.15) is 23.2 Å². The number of benzene rings is 1. The van der Waals surface area contributed by atoms with Crippen LogP contribution in [0.3, 0.4) is 0 Å². The molecule has 0 bridgehead atoms. The molecule has 5 heteroatoms. The predicted molar refractivity (Wildman–Crippen MR) is 88.7 cm³/mol. The van der Waals surface area contributed by atoms with Gasteiger partial charge in [-0.05, 0) is 24.7 Å². The highest BCUT2D eigenvalue weighted by atomic mass is 16.2. The number of nitrogens with zero attached hydrogens (tertiary/aromatic N) is 3. The number of hydrogen-bond acceptors (Lipinski definition) is 3. The molecule has 5 nitrogen and oxygen atoms in total. The third kappa shape index (κ3) is 2.45. The van der Waals surface area contributed by atoms with Gasteiger partial charge in [0.25, 0.3) is 5.91 Å². The summed E-state index contributed by atoms with van der Waals surface area (Å²) < 4.78 is 1.72. The SMILES string of the molecule is Cn1cc(C(=O)N2CC3CCC(N)C3C2)c(-c2ccccc2)n1. The summed E-state index contributed by atoms with van der Waals surface area (Å²) in [6.45, 7) is 1.62. The topological polar surface area (TPSA) is 64.2 Å². The summed E-state index contributed by atoms with van der Waals surface area (Å²) in [5.41, 5.74) is 8.62. The van der Waals surface area contributed by atoms with Crippen LogP contribution in [0.4, 0.5) is 0 Å². The van der Waals surface area contributed by atoms with Gasteiger partial charge in [0.2, 0.25) is 0 Å². The van der Waals surface area contributed by atoms with Crippen molar-refractivity contribution in [3.8, 4) is 11.3 Å². The van der Waals surface area contributed by atoms with E-state index in [1.807, 2.05) is 48.5 Å². The zero-order valence-electron chi connectivity index (χ0n) is 13.4. The fourth-order valence-electron chi connectivity index (χ4n) is 4.10. The van der Waals surface area contributed by atoms with E-state index in [1.165, 1.54) is 0 Å². The van der Waals surface area contributed by atoms with Crippen LogP contribution >= 0.6 is 0 Å². The number of rotatable bonds is 2. The van der Waals surface area contributed by atoms with Crippen molar-refractivity contribution >= 4 is 5.91 Å². The lowest BCUT2D eigenvalue weighted by Gasteiger charge is -2.18. The van der Waals surface area contributed by atoms with E-state index in [9.17, 15) is 4.79 Å². The van der Waals surface area contributed by atoms with Crippen molar-refractivity contribution < 1.29 is 4.79 Å². The molecule has 1 aromatic carbocycles. The maximum Gasteiger partial charge on any atom is 0.257 e.